The van der Waals surface area contributed by atoms with Gasteiger partial charge in [-0.05, 0) is 29.8 Å². The minimum atomic E-state index is -0.832. The third-order valence-electron chi connectivity index (χ3n) is 5.14. The lowest BCUT2D eigenvalue weighted by Crippen LogP contribution is -2.29. The molecule has 1 amide bonds. The molecule has 162 valence electrons. The second-order valence-electron chi connectivity index (χ2n) is 7.36. The first kappa shape index (κ1) is 20.6. The molecule has 1 aromatic heterocycles. The maximum atomic E-state index is 13.0. The van der Waals surface area contributed by atoms with Crippen molar-refractivity contribution in [1.29, 1.82) is 0 Å². The maximum absolute atomic E-state index is 13.0. The average molecular weight is 456 g/mol. The van der Waals surface area contributed by atoms with Gasteiger partial charge in [0.05, 0.1) is 22.0 Å². The van der Waals surface area contributed by atoms with Crippen LogP contribution in [0.3, 0.4) is 0 Å². The molecule has 0 fully saturated rings. The lowest BCUT2D eigenvalue weighted by atomic mass is 10.1. The number of aromatic nitrogens is 1. The number of hydrazone groups is 1. The van der Waals surface area contributed by atoms with Gasteiger partial charge in [0.2, 0.25) is 5.13 Å². The van der Waals surface area contributed by atoms with E-state index in [0.29, 0.717) is 27.8 Å². The molecule has 9 nitrogen and oxygen atoms in total. The van der Waals surface area contributed by atoms with Crippen molar-refractivity contribution in [3.05, 3.63) is 82.2 Å². The molecule has 4 aromatic rings. The molecule has 1 atom stereocenters. The van der Waals surface area contributed by atoms with Crippen LogP contribution in [0.15, 0.2) is 87.4 Å². The Labute approximate surface area is 191 Å². The molecule has 0 bridgehead atoms. The molecule has 10 heteroatoms. The Morgan fingerprint density at radius 2 is 1.88 bits per heavy atom. The van der Waals surface area contributed by atoms with Crippen molar-refractivity contribution in [2.24, 2.45) is 15.3 Å². The second-order valence-corrected chi connectivity index (χ2v) is 8.20. The summed E-state index contributed by atoms with van der Waals surface area (Å²) >= 11 is 1.22. The van der Waals surface area contributed by atoms with E-state index in [2.05, 4.69) is 20.3 Å². The summed E-state index contributed by atoms with van der Waals surface area (Å²) in [6, 6.07) is 19.0. The number of hydrogen-bond acceptors (Lipinski definition) is 8. The number of rotatable bonds is 5. The minimum absolute atomic E-state index is 0.0256. The van der Waals surface area contributed by atoms with Gasteiger partial charge >= 0.3 is 0 Å². The SMILES string of the molecule is CC1=NN(c2nc(-c3cccc([N+](=O)[O-])c3)cs2)C(=O)C1N=Nc1ccc2ccccc2c1. The van der Waals surface area contributed by atoms with Gasteiger partial charge in [-0.2, -0.15) is 20.3 Å². The van der Waals surface area contributed by atoms with Crippen LogP contribution in [0.4, 0.5) is 16.5 Å². The third kappa shape index (κ3) is 3.99. The van der Waals surface area contributed by atoms with E-state index < -0.39 is 11.0 Å². The zero-order valence-corrected chi connectivity index (χ0v) is 18.1. The van der Waals surface area contributed by atoms with Gasteiger partial charge in [0.15, 0.2) is 6.04 Å². The molecule has 0 radical (unpaired) electrons. The predicted octanol–water partition coefficient (Wildman–Crippen LogP) is 5.75. The summed E-state index contributed by atoms with van der Waals surface area (Å²) in [7, 11) is 0. The molecule has 0 spiro atoms. The van der Waals surface area contributed by atoms with Gasteiger partial charge in [0.1, 0.15) is 0 Å². The normalized spacial score (nSPS) is 16.0. The molecule has 0 saturated heterocycles. The predicted molar refractivity (Wildman–Crippen MR) is 127 cm³/mol. The number of carbonyl (C=O) groups excluding carboxylic acids is 1. The van der Waals surface area contributed by atoms with Gasteiger partial charge in [-0.3, -0.25) is 14.9 Å². The molecule has 1 unspecified atom stereocenters. The number of nitro groups is 1. The molecule has 0 N–H and O–H groups in total. The molecule has 0 saturated carbocycles. The molecular formula is C23H16N6O3S. The average Bonchev–Trinajstić information content (AvgIpc) is 3.42. The number of amides is 1. The van der Waals surface area contributed by atoms with Crippen LogP contribution in [-0.2, 0) is 4.79 Å². The van der Waals surface area contributed by atoms with Crippen molar-refractivity contribution in [2.75, 3.05) is 5.01 Å². The Balaban J connectivity index is 1.36. The quantitative estimate of drug-likeness (QED) is 0.216. The van der Waals surface area contributed by atoms with Crippen molar-refractivity contribution >= 4 is 50.2 Å². The molecular weight excluding hydrogens is 440 g/mol. The van der Waals surface area contributed by atoms with E-state index in [-0.39, 0.29) is 11.6 Å². The number of non-ortho nitro benzene ring substituents is 1. The summed E-state index contributed by atoms with van der Waals surface area (Å²) in [6.45, 7) is 1.72. The number of azo groups is 1. The first-order valence-corrected chi connectivity index (χ1v) is 10.9. The van der Waals surface area contributed by atoms with Crippen molar-refractivity contribution in [1.82, 2.24) is 4.98 Å². The number of nitrogens with zero attached hydrogens (tertiary/aromatic N) is 6. The maximum Gasteiger partial charge on any atom is 0.282 e. The standard InChI is InChI=1S/C23H16N6O3S/c1-14-21(26-25-18-10-9-15-5-2-3-6-16(15)11-18)22(30)28(27-14)23-24-20(13-33-23)17-7-4-8-19(12-17)29(31)32/h2-13,21H,1H3. The summed E-state index contributed by atoms with van der Waals surface area (Å²) in [5, 5.41) is 29.3. The Kier molecular flexibility index (Phi) is 5.19. The van der Waals surface area contributed by atoms with E-state index in [1.54, 1.807) is 24.4 Å². The zero-order chi connectivity index (χ0) is 22.9. The van der Waals surface area contributed by atoms with E-state index in [1.165, 1.54) is 28.5 Å². The largest absolute Gasteiger partial charge is 0.282 e. The molecule has 5 rings (SSSR count). The third-order valence-corrected chi connectivity index (χ3v) is 5.96. The van der Waals surface area contributed by atoms with E-state index in [1.807, 2.05) is 42.5 Å². The summed E-state index contributed by atoms with van der Waals surface area (Å²) in [6.07, 6.45) is 0. The monoisotopic (exact) mass is 456 g/mol. The van der Waals surface area contributed by atoms with Crippen molar-refractivity contribution in [3.8, 4) is 11.3 Å². The Morgan fingerprint density at radius 1 is 1.06 bits per heavy atom. The first-order chi connectivity index (χ1) is 16.0. The van der Waals surface area contributed by atoms with Crippen molar-refractivity contribution in [3.63, 3.8) is 0 Å². The summed E-state index contributed by atoms with van der Waals surface area (Å²) in [4.78, 5) is 28.0. The Hall–Kier alpha value is -4.31. The molecule has 3 aromatic carbocycles. The lowest BCUT2D eigenvalue weighted by molar-refractivity contribution is -0.384. The van der Waals surface area contributed by atoms with Crippen LogP contribution in [0.5, 0.6) is 0 Å². The molecule has 2 heterocycles. The van der Waals surface area contributed by atoms with Gasteiger partial charge in [-0.15, -0.1) is 11.3 Å². The van der Waals surface area contributed by atoms with Crippen LogP contribution in [0.2, 0.25) is 0 Å². The van der Waals surface area contributed by atoms with E-state index in [0.717, 1.165) is 10.8 Å². The van der Waals surface area contributed by atoms with Crippen LogP contribution in [0.25, 0.3) is 22.0 Å². The number of thiazole rings is 1. The molecule has 0 aliphatic carbocycles. The van der Waals surface area contributed by atoms with Gasteiger partial charge in [-0.25, -0.2) is 4.98 Å². The number of fused-ring (bicyclic) bond motifs is 1. The smallest absolute Gasteiger partial charge is 0.269 e. The number of hydrogen-bond donors (Lipinski definition) is 0. The van der Waals surface area contributed by atoms with Gasteiger partial charge in [0.25, 0.3) is 11.6 Å². The van der Waals surface area contributed by atoms with Crippen LogP contribution in [0.1, 0.15) is 6.92 Å². The van der Waals surface area contributed by atoms with E-state index in [4.69, 9.17) is 0 Å². The summed E-state index contributed by atoms with van der Waals surface area (Å²) in [5.74, 6) is -0.350. The van der Waals surface area contributed by atoms with Gasteiger partial charge in [0, 0.05) is 23.1 Å². The van der Waals surface area contributed by atoms with Gasteiger partial charge in [-0.1, -0.05) is 42.5 Å². The van der Waals surface area contributed by atoms with Crippen molar-refractivity contribution < 1.29 is 9.72 Å². The van der Waals surface area contributed by atoms with Crippen molar-refractivity contribution in [2.45, 2.75) is 13.0 Å². The molecule has 1 aliphatic heterocycles. The number of nitro benzene ring substituents is 1. The highest BCUT2D eigenvalue weighted by molar-refractivity contribution is 7.14. The zero-order valence-electron chi connectivity index (χ0n) is 17.3. The van der Waals surface area contributed by atoms with Crippen LogP contribution in [-0.4, -0.2) is 27.6 Å². The second kappa shape index (κ2) is 8.32. The topological polar surface area (TPSA) is 113 Å². The highest BCUT2D eigenvalue weighted by Crippen LogP contribution is 2.32. The Bertz CT molecular complexity index is 1460. The fourth-order valence-corrected chi connectivity index (χ4v) is 4.25. The number of anilines is 1. The van der Waals surface area contributed by atoms with Gasteiger partial charge < -0.3 is 0 Å². The summed E-state index contributed by atoms with van der Waals surface area (Å²) in [5.41, 5.74) is 2.25. The lowest BCUT2D eigenvalue weighted by Gasteiger charge is -2.08. The first-order valence-electron chi connectivity index (χ1n) is 9.99. The number of carbonyl (C=O) groups is 1. The van der Waals surface area contributed by atoms with Crippen LogP contribution >= 0.6 is 11.3 Å². The van der Waals surface area contributed by atoms with E-state index in [9.17, 15) is 14.9 Å². The van der Waals surface area contributed by atoms with E-state index >= 15 is 0 Å². The van der Waals surface area contributed by atoms with Crippen LogP contribution < -0.4 is 5.01 Å². The minimum Gasteiger partial charge on any atom is -0.269 e. The fraction of sp³-hybridized carbons (Fsp3) is 0.0870. The fourth-order valence-electron chi connectivity index (χ4n) is 3.46. The van der Waals surface area contributed by atoms with Crippen LogP contribution in [0, 0.1) is 10.1 Å². The highest BCUT2D eigenvalue weighted by Gasteiger charge is 2.36. The summed E-state index contributed by atoms with van der Waals surface area (Å²) < 4.78 is 0. The highest BCUT2D eigenvalue weighted by atomic mass is 32.1. The number of benzene rings is 3. The molecule has 33 heavy (non-hydrogen) atoms. The Morgan fingerprint density at radius 3 is 2.70 bits per heavy atom. The molecule has 1 aliphatic rings.